The monoisotopic (exact) mass is 359 g/mol. The number of aryl methyl sites for hydroxylation is 2. The van der Waals surface area contributed by atoms with Crippen LogP contribution >= 0.6 is 11.8 Å². The third kappa shape index (κ3) is 4.82. The third-order valence-electron chi connectivity index (χ3n) is 3.81. The summed E-state index contributed by atoms with van der Waals surface area (Å²) in [5.41, 5.74) is 1.97. The van der Waals surface area contributed by atoms with Crippen molar-refractivity contribution in [1.29, 1.82) is 0 Å². The maximum Gasteiger partial charge on any atom is 0.277 e. The Morgan fingerprint density at radius 3 is 2.96 bits per heavy atom. The van der Waals surface area contributed by atoms with Crippen LogP contribution in [0, 0.1) is 0 Å². The van der Waals surface area contributed by atoms with Crippen LogP contribution in [0.25, 0.3) is 11.0 Å². The summed E-state index contributed by atoms with van der Waals surface area (Å²) >= 11 is 1.25. The minimum atomic E-state index is -0.0265. The van der Waals surface area contributed by atoms with Crippen LogP contribution in [-0.2, 0) is 17.6 Å². The quantitative estimate of drug-likeness (QED) is 0.600. The number of hydrogen-bond acceptors (Lipinski definition) is 6. The Kier molecular flexibility index (Phi) is 5.70. The largest absolute Gasteiger partial charge is 0.416 e. The molecule has 1 aromatic carbocycles. The highest BCUT2D eigenvalue weighted by molar-refractivity contribution is 7.99. The van der Waals surface area contributed by atoms with Crippen LogP contribution in [0.15, 0.2) is 33.9 Å². The molecule has 2 heterocycles. The summed E-state index contributed by atoms with van der Waals surface area (Å²) in [5.74, 6) is 1.68. The molecule has 132 valence electrons. The highest BCUT2D eigenvalue weighted by Crippen LogP contribution is 2.17. The van der Waals surface area contributed by atoms with Crippen LogP contribution in [0.3, 0.4) is 0 Å². The van der Waals surface area contributed by atoms with E-state index >= 15 is 0 Å². The number of carbonyl (C=O) groups excluding carboxylic acids is 1. The lowest BCUT2D eigenvalue weighted by molar-refractivity contribution is -0.119. The van der Waals surface area contributed by atoms with Crippen molar-refractivity contribution in [1.82, 2.24) is 25.5 Å². The first kappa shape index (κ1) is 17.5. The van der Waals surface area contributed by atoms with Gasteiger partial charge in [0, 0.05) is 18.9 Å². The minimum Gasteiger partial charge on any atom is -0.416 e. The van der Waals surface area contributed by atoms with Crippen LogP contribution in [0.2, 0.25) is 0 Å². The van der Waals surface area contributed by atoms with Crippen molar-refractivity contribution in [3.63, 3.8) is 0 Å². The molecule has 1 amide bonds. The molecule has 0 saturated carbocycles. The summed E-state index contributed by atoms with van der Waals surface area (Å²) < 4.78 is 5.58. The first-order valence-corrected chi connectivity index (χ1v) is 9.30. The fourth-order valence-corrected chi connectivity index (χ4v) is 2.88. The molecule has 0 aliphatic carbocycles. The predicted octanol–water partition coefficient (Wildman–Crippen LogP) is 2.74. The van der Waals surface area contributed by atoms with E-state index in [4.69, 9.17) is 4.42 Å². The number of carbonyl (C=O) groups is 1. The molecule has 3 rings (SSSR count). The van der Waals surface area contributed by atoms with Crippen molar-refractivity contribution in [2.24, 2.45) is 0 Å². The smallest absolute Gasteiger partial charge is 0.277 e. The molecule has 7 nitrogen and oxygen atoms in total. The molecule has 1 atom stereocenters. The van der Waals surface area contributed by atoms with Crippen molar-refractivity contribution in [3.05, 3.63) is 36.0 Å². The number of nitrogens with one attached hydrogen (secondary N) is 2. The molecule has 25 heavy (non-hydrogen) atoms. The van der Waals surface area contributed by atoms with E-state index in [1.807, 2.05) is 38.1 Å². The second-order valence-corrected chi connectivity index (χ2v) is 6.75. The number of fused-ring (bicyclic) bond motifs is 1. The molecule has 0 radical (unpaired) electrons. The van der Waals surface area contributed by atoms with Gasteiger partial charge in [0.15, 0.2) is 0 Å². The van der Waals surface area contributed by atoms with E-state index in [2.05, 4.69) is 25.5 Å². The summed E-state index contributed by atoms with van der Waals surface area (Å²) in [7, 11) is 0. The van der Waals surface area contributed by atoms with E-state index < -0.39 is 0 Å². The first-order chi connectivity index (χ1) is 12.1. The Bertz CT molecular complexity index is 811. The molecular weight excluding hydrogens is 338 g/mol. The van der Waals surface area contributed by atoms with Crippen LogP contribution in [-0.4, -0.2) is 37.9 Å². The molecule has 0 aliphatic heterocycles. The zero-order valence-electron chi connectivity index (χ0n) is 14.3. The molecular formula is C17H21N5O2S. The number of H-pyrrole nitrogens is 1. The molecule has 1 unspecified atom stereocenters. The summed E-state index contributed by atoms with van der Waals surface area (Å²) in [6.07, 6.45) is 2.20. The fraction of sp³-hybridized carbons (Fsp3) is 0.412. The molecule has 3 aromatic rings. The highest BCUT2D eigenvalue weighted by atomic mass is 32.2. The summed E-state index contributed by atoms with van der Waals surface area (Å²) in [6, 6.07) is 8.09. The van der Waals surface area contributed by atoms with Gasteiger partial charge < -0.3 is 14.7 Å². The average molecular weight is 359 g/mol. The zero-order valence-corrected chi connectivity index (χ0v) is 15.1. The lowest BCUT2D eigenvalue weighted by Gasteiger charge is -2.09. The molecule has 0 fully saturated rings. The van der Waals surface area contributed by atoms with Gasteiger partial charge in [0.25, 0.3) is 5.22 Å². The van der Waals surface area contributed by atoms with Gasteiger partial charge >= 0.3 is 0 Å². The van der Waals surface area contributed by atoms with Crippen molar-refractivity contribution in [3.8, 4) is 0 Å². The van der Waals surface area contributed by atoms with Crippen molar-refractivity contribution >= 4 is 28.7 Å². The maximum absolute atomic E-state index is 11.8. The van der Waals surface area contributed by atoms with E-state index in [0.29, 0.717) is 24.0 Å². The summed E-state index contributed by atoms with van der Waals surface area (Å²) in [5, 5.41) is 11.3. The number of aromatic nitrogens is 4. The third-order valence-corrected chi connectivity index (χ3v) is 4.63. The van der Waals surface area contributed by atoms with E-state index in [0.717, 1.165) is 23.3 Å². The molecule has 8 heteroatoms. The number of hydrogen-bond donors (Lipinski definition) is 2. The number of amides is 1. The van der Waals surface area contributed by atoms with Gasteiger partial charge in [-0.2, -0.15) is 0 Å². The Hall–Kier alpha value is -2.35. The fourth-order valence-electron chi connectivity index (χ4n) is 2.29. The lowest BCUT2D eigenvalue weighted by Crippen LogP contribution is -2.33. The highest BCUT2D eigenvalue weighted by Gasteiger charge is 2.12. The number of imidazole rings is 1. The number of aromatic amines is 1. The van der Waals surface area contributed by atoms with Gasteiger partial charge in [0.2, 0.25) is 11.8 Å². The van der Waals surface area contributed by atoms with E-state index in [-0.39, 0.29) is 17.7 Å². The van der Waals surface area contributed by atoms with E-state index in [1.165, 1.54) is 11.8 Å². The standard InChI is InChI=1S/C17H21N5O2S/c1-3-11(2)18-15(23)10-25-17-22-21-16(24-17)9-8-14-19-12-6-4-5-7-13(12)20-14/h4-7,11H,3,8-10H2,1-2H3,(H,18,23)(H,19,20). The number of rotatable bonds is 8. The average Bonchev–Trinajstić information content (AvgIpc) is 3.24. The van der Waals surface area contributed by atoms with Crippen molar-refractivity contribution in [2.75, 3.05) is 5.75 Å². The number of benzene rings is 1. The van der Waals surface area contributed by atoms with E-state index in [1.54, 1.807) is 0 Å². The SMILES string of the molecule is CCC(C)NC(=O)CSc1nnc(CCc2nc3ccccc3[nH]2)o1. The molecule has 2 N–H and O–H groups in total. The van der Waals surface area contributed by atoms with Gasteiger partial charge in [-0.25, -0.2) is 4.98 Å². The van der Waals surface area contributed by atoms with Gasteiger partial charge in [-0.05, 0) is 25.5 Å². The van der Waals surface area contributed by atoms with E-state index in [9.17, 15) is 4.79 Å². The molecule has 2 aromatic heterocycles. The number of thioether (sulfide) groups is 1. The molecule has 0 aliphatic rings. The Morgan fingerprint density at radius 1 is 1.32 bits per heavy atom. The Balaban J connectivity index is 1.49. The summed E-state index contributed by atoms with van der Waals surface area (Å²) in [6.45, 7) is 4.01. The van der Waals surface area contributed by atoms with Crippen LogP contribution in [0.1, 0.15) is 32.0 Å². The van der Waals surface area contributed by atoms with Crippen molar-refractivity contribution < 1.29 is 9.21 Å². The minimum absolute atomic E-state index is 0.0265. The van der Waals surface area contributed by atoms with Crippen LogP contribution < -0.4 is 5.32 Å². The molecule has 0 spiro atoms. The maximum atomic E-state index is 11.8. The van der Waals surface area contributed by atoms with Gasteiger partial charge in [0.1, 0.15) is 5.82 Å². The Labute approximate surface area is 150 Å². The van der Waals surface area contributed by atoms with Gasteiger partial charge in [-0.3, -0.25) is 4.79 Å². The lowest BCUT2D eigenvalue weighted by atomic mass is 10.3. The predicted molar refractivity (Wildman–Crippen MR) is 96.4 cm³/mol. The van der Waals surface area contributed by atoms with Gasteiger partial charge in [-0.15, -0.1) is 10.2 Å². The van der Waals surface area contributed by atoms with Gasteiger partial charge in [-0.1, -0.05) is 30.8 Å². The molecule has 0 bridgehead atoms. The second kappa shape index (κ2) is 8.15. The topological polar surface area (TPSA) is 96.7 Å². The molecule has 0 saturated heterocycles. The Morgan fingerprint density at radius 2 is 2.16 bits per heavy atom. The first-order valence-electron chi connectivity index (χ1n) is 8.32. The zero-order chi connectivity index (χ0) is 17.6. The normalized spacial score (nSPS) is 12.4. The van der Waals surface area contributed by atoms with Gasteiger partial charge in [0.05, 0.1) is 16.8 Å². The van der Waals surface area contributed by atoms with Crippen LogP contribution in [0.4, 0.5) is 0 Å². The second-order valence-electron chi connectivity index (χ2n) is 5.83. The summed E-state index contributed by atoms with van der Waals surface area (Å²) in [4.78, 5) is 19.6. The van der Waals surface area contributed by atoms with Crippen LogP contribution in [0.5, 0.6) is 0 Å². The van der Waals surface area contributed by atoms with Crippen molar-refractivity contribution in [2.45, 2.75) is 44.4 Å². The number of para-hydroxylation sites is 2. The number of nitrogens with zero attached hydrogens (tertiary/aromatic N) is 3.